The molecule has 1 aliphatic rings. The van der Waals surface area contributed by atoms with Gasteiger partial charge >= 0.3 is 0 Å². The molecule has 0 bridgehead atoms. The number of carbonyl (C=O) groups excluding carboxylic acids is 1. The highest BCUT2D eigenvalue weighted by molar-refractivity contribution is 8.00. The third-order valence-electron chi connectivity index (χ3n) is 5.45. The summed E-state index contributed by atoms with van der Waals surface area (Å²) in [4.78, 5) is 15.2. The van der Waals surface area contributed by atoms with Gasteiger partial charge in [0, 0.05) is 5.69 Å². The first kappa shape index (κ1) is 22.1. The molecular weight excluding hydrogens is 420 g/mol. The molecule has 0 saturated carbocycles. The summed E-state index contributed by atoms with van der Waals surface area (Å²) in [5, 5.41) is 21.2. The molecule has 1 N–H and O–H groups in total. The Hall–Kier alpha value is -3.15. The van der Waals surface area contributed by atoms with Gasteiger partial charge < -0.3 is 9.88 Å². The second-order valence-corrected chi connectivity index (χ2v) is 9.20. The average Bonchev–Trinajstić information content (AvgIpc) is 3.46. The largest absolute Gasteiger partial charge is 0.325 e. The van der Waals surface area contributed by atoms with Gasteiger partial charge in [-0.3, -0.25) is 9.69 Å². The fourth-order valence-electron chi connectivity index (χ4n) is 3.71. The second-order valence-electron chi connectivity index (χ2n) is 7.90. The van der Waals surface area contributed by atoms with E-state index in [2.05, 4.69) is 43.2 Å². The highest BCUT2D eigenvalue weighted by Crippen LogP contribution is 2.25. The lowest BCUT2D eigenvalue weighted by Gasteiger charge is -2.17. The lowest BCUT2D eigenvalue weighted by Crippen LogP contribution is -2.24. The number of hydrogen-bond acceptors (Lipinski definition) is 6. The average molecular weight is 447 g/mol. The van der Waals surface area contributed by atoms with E-state index in [1.165, 1.54) is 30.2 Å². The van der Waals surface area contributed by atoms with Crippen molar-refractivity contribution in [2.45, 2.75) is 43.3 Å². The second kappa shape index (κ2) is 10.4. The van der Waals surface area contributed by atoms with Gasteiger partial charge in [-0.05, 0) is 56.6 Å². The van der Waals surface area contributed by atoms with Crippen molar-refractivity contribution >= 4 is 23.4 Å². The Morgan fingerprint density at radius 3 is 2.66 bits per heavy atom. The summed E-state index contributed by atoms with van der Waals surface area (Å²) in [6.45, 7) is 5.46. The monoisotopic (exact) mass is 446 g/mol. The fraction of sp³-hybridized carbons (Fsp3) is 0.333. The van der Waals surface area contributed by atoms with E-state index in [-0.39, 0.29) is 11.2 Å². The highest BCUT2D eigenvalue weighted by Gasteiger charge is 2.22. The van der Waals surface area contributed by atoms with Crippen LogP contribution in [0.3, 0.4) is 0 Å². The van der Waals surface area contributed by atoms with Crippen molar-refractivity contribution in [1.29, 1.82) is 5.26 Å². The molecule has 2 aromatic carbocycles. The van der Waals surface area contributed by atoms with Crippen molar-refractivity contribution in [3.8, 4) is 6.07 Å². The summed E-state index contributed by atoms with van der Waals surface area (Å²) in [5.74, 6) is 0.785. The molecule has 1 saturated heterocycles. The summed E-state index contributed by atoms with van der Waals surface area (Å²) >= 11 is 1.40. The molecule has 1 atom stereocenters. The van der Waals surface area contributed by atoms with Gasteiger partial charge in [-0.25, -0.2) is 0 Å². The number of aromatic nitrogens is 3. The predicted molar refractivity (Wildman–Crippen MR) is 125 cm³/mol. The summed E-state index contributed by atoms with van der Waals surface area (Å²) < 4.78 is 2.12. The molecule has 1 unspecified atom stereocenters. The van der Waals surface area contributed by atoms with Crippen molar-refractivity contribution < 1.29 is 4.79 Å². The molecule has 1 aliphatic heterocycles. The standard InChI is InChI=1S/C24H26N6OS/c1-18(23(31)26-21-11-7-10-20(14-21)15-25)32-24-28-27-22(17-29-12-5-6-13-29)30(24)16-19-8-3-2-4-9-19/h2-4,7-11,14,18H,5-6,12-13,16-17H2,1H3,(H,26,31). The molecule has 1 amide bonds. The zero-order valence-electron chi connectivity index (χ0n) is 18.1. The zero-order valence-corrected chi connectivity index (χ0v) is 18.9. The molecule has 1 aromatic heterocycles. The van der Waals surface area contributed by atoms with E-state index >= 15 is 0 Å². The molecule has 0 radical (unpaired) electrons. The topological polar surface area (TPSA) is 86.8 Å². The quantitative estimate of drug-likeness (QED) is 0.528. The summed E-state index contributed by atoms with van der Waals surface area (Å²) in [5.41, 5.74) is 2.29. The van der Waals surface area contributed by atoms with Crippen LogP contribution in [0.15, 0.2) is 59.8 Å². The van der Waals surface area contributed by atoms with Crippen LogP contribution in [-0.2, 0) is 17.9 Å². The molecule has 4 rings (SSSR count). The predicted octanol–water partition coefficient (Wildman–Crippen LogP) is 3.91. The Kier molecular flexibility index (Phi) is 7.20. The van der Waals surface area contributed by atoms with Crippen LogP contribution in [0.4, 0.5) is 5.69 Å². The van der Waals surface area contributed by atoms with Crippen LogP contribution in [0, 0.1) is 11.3 Å². The molecule has 3 aromatic rings. The molecule has 2 heterocycles. The van der Waals surface area contributed by atoms with Crippen LogP contribution in [0.2, 0.25) is 0 Å². The third kappa shape index (κ3) is 5.55. The molecule has 8 heteroatoms. The Morgan fingerprint density at radius 1 is 1.12 bits per heavy atom. The molecule has 164 valence electrons. The van der Waals surface area contributed by atoms with Crippen molar-refractivity contribution in [2.24, 2.45) is 0 Å². The van der Waals surface area contributed by atoms with Crippen molar-refractivity contribution in [1.82, 2.24) is 19.7 Å². The van der Waals surface area contributed by atoms with Gasteiger partial charge in [0.05, 0.1) is 30.0 Å². The lowest BCUT2D eigenvalue weighted by atomic mass is 10.2. The first-order chi connectivity index (χ1) is 15.6. The Labute approximate surface area is 192 Å². The maximum atomic E-state index is 12.8. The van der Waals surface area contributed by atoms with Gasteiger partial charge in [0.25, 0.3) is 0 Å². The maximum Gasteiger partial charge on any atom is 0.237 e. The van der Waals surface area contributed by atoms with E-state index in [9.17, 15) is 4.79 Å². The number of nitrogens with one attached hydrogen (secondary N) is 1. The van der Waals surface area contributed by atoms with Crippen LogP contribution in [0.25, 0.3) is 0 Å². The number of thioether (sulfide) groups is 1. The minimum Gasteiger partial charge on any atom is -0.325 e. The van der Waals surface area contributed by atoms with E-state index in [4.69, 9.17) is 5.26 Å². The van der Waals surface area contributed by atoms with E-state index in [1.807, 2.05) is 25.1 Å². The van der Waals surface area contributed by atoms with Crippen LogP contribution in [-0.4, -0.2) is 43.9 Å². The Morgan fingerprint density at radius 2 is 1.91 bits per heavy atom. The van der Waals surface area contributed by atoms with Gasteiger partial charge in [-0.15, -0.1) is 10.2 Å². The van der Waals surface area contributed by atoms with Gasteiger partial charge in [-0.2, -0.15) is 5.26 Å². The number of amides is 1. The SMILES string of the molecule is CC(Sc1nnc(CN2CCCC2)n1Cc1ccccc1)C(=O)Nc1cccc(C#N)c1. The Balaban J connectivity index is 1.50. The van der Waals surface area contributed by atoms with Crippen LogP contribution in [0.5, 0.6) is 0 Å². The lowest BCUT2D eigenvalue weighted by molar-refractivity contribution is -0.115. The number of rotatable bonds is 8. The summed E-state index contributed by atoms with van der Waals surface area (Å²) in [6.07, 6.45) is 2.44. The molecule has 32 heavy (non-hydrogen) atoms. The van der Waals surface area contributed by atoms with Crippen LogP contribution in [0.1, 0.15) is 36.7 Å². The smallest absolute Gasteiger partial charge is 0.237 e. The Bertz CT molecular complexity index is 1100. The van der Waals surface area contributed by atoms with Crippen molar-refractivity contribution in [3.05, 3.63) is 71.5 Å². The number of likely N-dealkylation sites (tertiary alicyclic amines) is 1. The summed E-state index contributed by atoms with van der Waals surface area (Å²) in [7, 11) is 0. The molecule has 0 aliphatic carbocycles. The van der Waals surface area contributed by atoms with E-state index in [0.717, 1.165) is 30.6 Å². The normalized spacial score (nSPS) is 14.8. The summed E-state index contributed by atoms with van der Waals surface area (Å²) in [6, 6.07) is 19.2. The maximum absolute atomic E-state index is 12.8. The van der Waals surface area contributed by atoms with E-state index in [0.29, 0.717) is 17.8 Å². The van der Waals surface area contributed by atoms with E-state index < -0.39 is 0 Å². The van der Waals surface area contributed by atoms with Gasteiger partial charge in [0.1, 0.15) is 5.82 Å². The van der Waals surface area contributed by atoms with Gasteiger partial charge in [0.2, 0.25) is 5.91 Å². The van der Waals surface area contributed by atoms with Crippen LogP contribution >= 0.6 is 11.8 Å². The van der Waals surface area contributed by atoms with Crippen molar-refractivity contribution in [3.63, 3.8) is 0 Å². The van der Waals surface area contributed by atoms with Crippen LogP contribution < -0.4 is 5.32 Å². The zero-order chi connectivity index (χ0) is 22.3. The number of nitriles is 1. The number of carbonyl (C=O) groups is 1. The number of anilines is 1. The number of benzene rings is 2. The highest BCUT2D eigenvalue weighted by atomic mass is 32.2. The molecule has 7 nitrogen and oxygen atoms in total. The first-order valence-electron chi connectivity index (χ1n) is 10.8. The molecule has 1 fully saturated rings. The van der Waals surface area contributed by atoms with Crippen molar-refractivity contribution in [2.75, 3.05) is 18.4 Å². The van der Waals surface area contributed by atoms with Gasteiger partial charge in [0.15, 0.2) is 5.16 Å². The molecular formula is C24H26N6OS. The van der Waals surface area contributed by atoms with Gasteiger partial charge in [-0.1, -0.05) is 48.2 Å². The number of hydrogen-bond donors (Lipinski definition) is 1. The minimum atomic E-state index is -0.376. The van der Waals surface area contributed by atoms with E-state index in [1.54, 1.807) is 24.3 Å². The molecule has 0 spiro atoms. The number of nitrogens with zero attached hydrogens (tertiary/aromatic N) is 5. The first-order valence-corrected chi connectivity index (χ1v) is 11.7. The minimum absolute atomic E-state index is 0.138. The fourth-order valence-corrected chi connectivity index (χ4v) is 4.58. The third-order valence-corrected chi connectivity index (χ3v) is 6.53.